The van der Waals surface area contributed by atoms with E-state index in [0.717, 1.165) is 22.3 Å². The molecule has 200 valence electrons. The van der Waals surface area contributed by atoms with E-state index in [1.807, 2.05) is 39.0 Å². The summed E-state index contributed by atoms with van der Waals surface area (Å²) in [6, 6.07) is 19.2. The third kappa shape index (κ3) is 5.13. The fourth-order valence-corrected chi connectivity index (χ4v) is 6.79. The predicted octanol–water partition coefficient (Wildman–Crippen LogP) is 5.78. The summed E-state index contributed by atoms with van der Waals surface area (Å²) in [5, 5.41) is 0.981. The van der Waals surface area contributed by atoms with Crippen LogP contribution in [0.4, 0.5) is 11.4 Å². The van der Waals surface area contributed by atoms with Gasteiger partial charge in [-0.2, -0.15) is 0 Å². The molecule has 5 rings (SSSR count). The molecule has 0 saturated carbocycles. The van der Waals surface area contributed by atoms with Crippen LogP contribution in [0, 0.1) is 27.7 Å². The van der Waals surface area contributed by atoms with Crippen molar-refractivity contribution in [2.75, 3.05) is 9.44 Å². The maximum Gasteiger partial charge on any atom is 0.344 e. The highest BCUT2D eigenvalue weighted by Gasteiger charge is 2.20. The number of benzene rings is 4. The molecule has 8 nitrogen and oxygen atoms in total. The SMILES string of the molecule is Cc1ccc(NS(=O)(=O)c2ccc3c(c2)oc(=O)c2cc(S(=O)(=O)Nc4ccc(C)cc4C)ccc23)c(C)c1. The van der Waals surface area contributed by atoms with Gasteiger partial charge in [0.1, 0.15) is 5.58 Å². The summed E-state index contributed by atoms with van der Waals surface area (Å²) in [7, 11) is -7.96. The van der Waals surface area contributed by atoms with Crippen molar-refractivity contribution >= 4 is 53.2 Å². The normalized spacial score (nSPS) is 12.1. The lowest BCUT2D eigenvalue weighted by Crippen LogP contribution is -2.15. The summed E-state index contributed by atoms with van der Waals surface area (Å²) in [5.74, 6) is 0. The Morgan fingerprint density at radius 3 is 1.56 bits per heavy atom. The van der Waals surface area contributed by atoms with Crippen LogP contribution in [0.1, 0.15) is 22.3 Å². The van der Waals surface area contributed by atoms with Gasteiger partial charge >= 0.3 is 5.63 Å². The maximum absolute atomic E-state index is 13.1. The van der Waals surface area contributed by atoms with Crippen LogP contribution in [0.25, 0.3) is 21.7 Å². The van der Waals surface area contributed by atoms with Crippen molar-refractivity contribution in [1.29, 1.82) is 0 Å². The maximum atomic E-state index is 13.1. The minimum atomic E-state index is -3.99. The third-order valence-electron chi connectivity index (χ3n) is 6.53. The number of rotatable bonds is 6. The Morgan fingerprint density at radius 2 is 1.05 bits per heavy atom. The lowest BCUT2D eigenvalue weighted by atomic mass is 10.1. The van der Waals surface area contributed by atoms with E-state index in [1.165, 1.54) is 30.3 Å². The van der Waals surface area contributed by atoms with Crippen molar-refractivity contribution in [3.63, 3.8) is 0 Å². The highest BCUT2D eigenvalue weighted by molar-refractivity contribution is 7.93. The van der Waals surface area contributed by atoms with E-state index in [4.69, 9.17) is 4.42 Å². The average molecular weight is 563 g/mol. The number of fused-ring (bicyclic) bond motifs is 3. The van der Waals surface area contributed by atoms with Gasteiger partial charge in [0.25, 0.3) is 20.0 Å². The van der Waals surface area contributed by atoms with Gasteiger partial charge in [-0.1, -0.05) is 41.5 Å². The number of nitrogens with one attached hydrogen (secondary N) is 2. The van der Waals surface area contributed by atoms with Gasteiger partial charge in [0.2, 0.25) is 0 Å². The molecule has 39 heavy (non-hydrogen) atoms. The largest absolute Gasteiger partial charge is 0.422 e. The van der Waals surface area contributed by atoms with Crippen LogP contribution in [0.2, 0.25) is 0 Å². The second kappa shape index (κ2) is 9.55. The van der Waals surface area contributed by atoms with Gasteiger partial charge in [-0.25, -0.2) is 21.6 Å². The topological polar surface area (TPSA) is 123 Å². The molecule has 4 aromatic carbocycles. The standard InChI is InChI=1S/C29H26N2O6S2/c1-17-5-11-26(19(3)13-17)30-38(33,34)21-7-9-23-24-10-8-22(16-28(24)37-29(32)25(23)15-21)39(35,36)31-27-12-6-18(2)14-20(27)4/h5-16,30-31H,1-4H3. The van der Waals surface area contributed by atoms with Crippen LogP contribution in [0.5, 0.6) is 0 Å². The van der Waals surface area contributed by atoms with Gasteiger partial charge in [-0.05, 0) is 75.2 Å². The number of anilines is 2. The van der Waals surface area contributed by atoms with Gasteiger partial charge in [0.05, 0.1) is 26.6 Å². The zero-order chi connectivity index (χ0) is 28.1. The molecule has 10 heteroatoms. The molecule has 0 amide bonds. The molecule has 0 radical (unpaired) electrons. The zero-order valence-electron chi connectivity index (χ0n) is 21.7. The third-order valence-corrected chi connectivity index (χ3v) is 9.26. The van der Waals surface area contributed by atoms with Crippen molar-refractivity contribution < 1.29 is 21.3 Å². The van der Waals surface area contributed by atoms with Crippen molar-refractivity contribution in [2.24, 2.45) is 0 Å². The highest BCUT2D eigenvalue weighted by atomic mass is 32.2. The molecular formula is C29H26N2O6S2. The Hall–Kier alpha value is -4.15. The Labute approximate surface area is 226 Å². The average Bonchev–Trinajstić information content (AvgIpc) is 2.87. The minimum absolute atomic E-state index is 0.0648. The number of aryl methyl sites for hydroxylation is 4. The smallest absolute Gasteiger partial charge is 0.344 e. The van der Waals surface area contributed by atoms with Crippen molar-refractivity contribution in [3.8, 4) is 0 Å². The Kier molecular flexibility index (Phi) is 6.48. The van der Waals surface area contributed by atoms with Gasteiger partial charge in [0.15, 0.2) is 0 Å². The quantitative estimate of drug-likeness (QED) is 0.200. The Balaban J connectivity index is 1.53. The molecule has 5 aromatic rings. The van der Waals surface area contributed by atoms with E-state index in [1.54, 1.807) is 31.2 Å². The predicted molar refractivity (Wildman–Crippen MR) is 153 cm³/mol. The summed E-state index contributed by atoms with van der Waals surface area (Å²) in [6.07, 6.45) is 0. The van der Waals surface area contributed by atoms with E-state index in [-0.39, 0.29) is 20.8 Å². The van der Waals surface area contributed by atoms with Crippen molar-refractivity contribution in [2.45, 2.75) is 37.5 Å². The number of hydrogen-bond donors (Lipinski definition) is 2. The number of hydrogen-bond acceptors (Lipinski definition) is 6. The molecule has 0 atom stereocenters. The molecule has 0 bridgehead atoms. The van der Waals surface area contributed by atoms with Crippen LogP contribution in [0.15, 0.2) is 91.8 Å². The van der Waals surface area contributed by atoms with E-state index >= 15 is 0 Å². The fraction of sp³-hybridized carbons (Fsp3) is 0.138. The summed E-state index contributed by atoms with van der Waals surface area (Å²) >= 11 is 0. The molecule has 1 aromatic heterocycles. The monoisotopic (exact) mass is 562 g/mol. The molecule has 1 heterocycles. The summed E-state index contributed by atoms with van der Waals surface area (Å²) in [6.45, 7) is 7.44. The first-order valence-electron chi connectivity index (χ1n) is 12.0. The number of sulfonamides is 2. The molecule has 0 fully saturated rings. The van der Waals surface area contributed by atoms with Crippen LogP contribution in [-0.2, 0) is 20.0 Å². The summed E-state index contributed by atoms with van der Waals surface area (Å²) in [5.41, 5.74) is 3.73. The Morgan fingerprint density at radius 1 is 0.564 bits per heavy atom. The fourth-order valence-electron chi connectivity index (χ4n) is 4.49. The van der Waals surface area contributed by atoms with Crippen LogP contribution >= 0.6 is 0 Å². The molecule has 0 spiro atoms. The van der Waals surface area contributed by atoms with Gasteiger partial charge in [-0.3, -0.25) is 9.44 Å². The first-order chi connectivity index (χ1) is 18.3. The van der Waals surface area contributed by atoms with Crippen molar-refractivity contribution in [1.82, 2.24) is 0 Å². The van der Waals surface area contributed by atoms with Crippen LogP contribution in [0.3, 0.4) is 0 Å². The van der Waals surface area contributed by atoms with E-state index in [2.05, 4.69) is 9.44 Å². The zero-order valence-corrected chi connectivity index (χ0v) is 23.3. The second-order valence-corrected chi connectivity index (χ2v) is 13.0. The highest BCUT2D eigenvalue weighted by Crippen LogP contribution is 2.29. The van der Waals surface area contributed by atoms with Crippen LogP contribution in [-0.4, -0.2) is 16.8 Å². The van der Waals surface area contributed by atoms with Crippen LogP contribution < -0.4 is 15.1 Å². The molecule has 0 aliphatic rings. The molecule has 0 saturated heterocycles. The molecule has 2 N–H and O–H groups in total. The first-order valence-corrected chi connectivity index (χ1v) is 15.0. The Bertz CT molecular complexity index is 2060. The van der Waals surface area contributed by atoms with Gasteiger partial charge < -0.3 is 4.42 Å². The summed E-state index contributed by atoms with van der Waals surface area (Å²) < 4.78 is 62.9. The molecule has 0 unspecified atom stereocenters. The summed E-state index contributed by atoms with van der Waals surface area (Å²) in [4.78, 5) is 12.7. The van der Waals surface area contributed by atoms with E-state index in [9.17, 15) is 21.6 Å². The first kappa shape index (κ1) is 26.5. The second-order valence-electron chi connectivity index (χ2n) is 9.60. The van der Waals surface area contributed by atoms with E-state index < -0.39 is 25.7 Å². The molecular weight excluding hydrogens is 536 g/mol. The lowest BCUT2D eigenvalue weighted by Gasteiger charge is -2.13. The lowest BCUT2D eigenvalue weighted by molar-refractivity contribution is 0.567. The van der Waals surface area contributed by atoms with Gasteiger partial charge in [-0.15, -0.1) is 0 Å². The van der Waals surface area contributed by atoms with Gasteiger partial charge in [0, 0.05) is 16.8 Å². The molecule has 0 aliphatic carbocycles. The molecule has 0 aliphatic heterocycles. The van der Waals surface area contributed by atoms with Crippen molar-refractivity contribution in [3.05, 3.63) is 105 Å². The minimum Gasteiger partial charge on any atom is -0.422 e. The van der Waals surface area contributed by atoms with E-state index in [0.29, 0.717) is 22.1 Å².